The summed E-state index contributed by atoms with van der Waals surface area (Å²) in [6, 6.07) is 22.6. The maximum absolute atomic E-state index is 13.9. The van der Waals surface area contributed by atoms with Crippen LogP contribution < -0.4 is 15.5 Å². The van der Waals surface area contributed by atoms with Gasteiger partial charge in [-0.3, -0.25) is 14.4 Å². The molecule has 1 aromatic heterocycles. The number of aliphatic hydroxyl groups excluding tert-OH is 1. The molecule has 0 saturated heterocycles. The van der Waals surface area contributed by atoms with Gasteiger partial charge < -0.3 is 20.6 Å². The van der Waals surface area contributed by atoms with Gasteiger partial charge in [0.1, 0.15) is 11.5 Å². The number of Topliss-reactive ketones (excluding diaryl/α,β-unsaturated/α-hetero) is 2. The van der Waals surface area contributed by atoms with Gasteiger partial charge in [-0.05, 0) is 80.7 Å². The Kier molecular flexibility index (Phi) is 16.4. The van der Waals surface area contributed by atoms with E-state index in [4.69, 9.17) is 10.2 Å². The highest BCUT2D eigenvalue weighted by atomic mass is 16.3. The van der Waals surface area contributed by atoms with Crippen molar-refractivity contribution < 1.29 is 24.3 Å². The number of nitrogens with one attached hydrogen (secondary N) is 2. The molecule has 0 saturated carbocycles. The Morgan fingerprint density at radius 2 is 1.52 bits per heavy atom. The molecule has 2 heterocycles. The van der Waals surface area contributed by atoms with Crippen molar-refractivity contribution in [1.29, 1.82) is 0 Å². The molecule has 56 heavy (non-hydrogen) atoms. The molecule has 1 aliphatic heterocycles. The molecule has 11 nitrogen and oxygen atoms in total. The number of hydrogen-bond acceptors (Lipinski definition) is 7. The molecule has 1 unspecified atom stereocenters. The van der Waals surface area contributed by atoms with Crippen LogP contribution in [0.1, 0.15) is 115 Å². The Bertz CT molecular complexity index is 1920. The fourth-order valence-electron chi connectivity index (χ4n) is 7.34. The molecule has 1 atom stereocenters. The molecule has 1 aliphatic rings. The van der Waals surface area contributed by atoms with E-state index in [2.05, 4.69) is 22.8 Å². The second-order valence-electron chi connectivity index (χ2n) is 14.7. The molecule has 5 rings (SSSR count). The number of hydrogen-bond donors (Lipinski definition) is 3. The van der Waals surface area contributed by atoms with Crippen molar-refractivity contribution in [3.05, 3.63) is 83.9 Å². The summed E-state index contributed by atoms with van der Waals surface area (Å²) in [5, 5.41) is 24.3. The van der Waals surface area contributed by atoms with E-state index in [0.717, 1.165) is 77.9 Å². The number of para-hydroxylation sites is 1. The molecule has 0 fully saturated rings. The first-order valence-corrected chi connectivity index (χ1v) is 20.6. The summed E-state index contributed by atoms with van der Waals surface area (Å²) in [6.07, 6.45) is 10.1. The predicted octanol–water partition coefficient (Wildman–Crippen LogP) is 8.82. The van der Waals surface area contributed by atoms with Gasteiger partial charge in [0, 0.05) is 55.6 Å². The Hall–Kier alpha value is -5.16. The zero-order valence-corrected chi connectivity index (χ0v) is 33.1. The molecule has 3 N–H and O–H groups in total. The highest BCUT2D eigenvalue weighted by Crippen LogP contribution is 2.41. The van der Waals surface area contributed by atoms with E-state index in [0.29, 0.717) is 76.6 Å². The van der Waals surface area contributed by atoms with Crippen molar-refractivity contribution in [2.75, 3.05) is 16.8 Å². The molecular weight excluding hydrogens is 705 g/mol. The fraction of sp³-hybridized carbons (Fsp3) is 0.467. The summed E-state index contributed by atoms with van der Waals surface area (Å²) < 4.78 is 1.90. The molecule has 0 aliphatic carbocycles. The zero-order chi connectivity index (χ0) is 39.7. The van der Waals surface area contributed by atoms with Crippen LogP contribution in [0.2, 0.25) is 0 Å². The summed E-state index contributed by atoms with van der Waals surface area (Å²) in [6.45, 7) is 5.04. The minimum Gasteiger partial charge on any atom is -0.396 e. The predicted molar refractivity (Wildman–Crippen MR) is 221 cm³/mol. The summed E-state index contributed by atoms with van der Waals surface area (Å²) >= 11 is 0. The van der Waals surface area contributed by atoms with E-state index in [9.17, 15) is 19.2 Å². The van der Waals surface area contributed by atoms with Crippen LogP contribution in [0.4, 0.5) is 16.2 Å². The van der Waals surface area contributed by atoms with E-state index < -0.39 is 12.1 Å². The lowest BCUT2D eigenvalue weighted by Crippen LogP contribution is -2.43. The van der Waals surface area contributed by atoms with E-state index >= 15 is 0 Å². The number of urea groups is 1. The Balaban J connectivity index is 1.30. The Morgan fingerprint density at radius 1 is 0.786 bits per heavy atom. The van der Waals surface area contributed by atoms with Crippen LogP contribution in [-0.4, -0.2) is 56.3 Å². The maximum Gasteiger partial charge on any atom is 0.319 e. The number of aliphatic hydroxyl groups is 1. The highest BCUT2D eigenvalue weighted by Gasteiger charge is 2.29. The van der Waals surface area contributed by atoms with Crippen molar-refractivity contribution in [3.8, 4) is 22.5 Å². The third-order valence-electron chi connectivity index (χ3n) is 10.6. The molecule has 0 radical (unpaired) electrons. The summed E-state index contributed by atoms with van der Waals surface area (Å²) in [7, 11) is 0. The SMILES string of the molecule is CCC(=O)CCCCC(=O)N1Cc2ccccc2-c2nnn(CCCCC(NC(=O)Nc3cccc(CC)c3)C(=O)CCCCCCCO)c2-c2ccccc21. The zero-order valence-electron chi connectivity index (χ0n) is 33.1. The second kappa shape index (κ2) is 21.8. The third-order valence-corrected chi connectivity index (χ3v) is 10.6. The first kappa shape index (κ1) is 42.0. The molecular formula is C45H58N6O5. The van der Waals surface area contributed by atoms with Crippen molar-refractivity contribution >= 4 is 34.9 Å². The summed E-state index contributed by atoms with van der Waals surface area (Å²) in [5.74, 6) is 0.242. The highest BCUT2D eigenvalue weighted by molar-refractivity contribution is 6.00. The van der Waals surface area contributed by atoms with Gasteiger partial charge in [-0.25, -0.2) is 9.48 Å². The van der Waals surface area contributed by atoms with Gasteiger partial charge in [0.25, 0.3) is 0 Å². The molecule has 11 heteroatoms. The second-order valence-corrected chi connectivity index (χ2v) is 14.7. The smallest absolute Gasteiger partial charge is 0.319 e. The van der Waals surface area contributed by atoms with Crippen molar-refractivity contribution in [2.45, 2.75) is 129 Å². The molecule has 3 amide bonds. The minimum atomic E-state index is -0.634. The number of carbonyl (C=O) groups is 4. The van der Waals surface area contributed by atoms with Crippen LogP contribution >= 0.6 is 0 Å². The van der Waals surface area contributed by atoms with Gasteiger partial charge in [-0.15, -0.1) is 5.10 Å². The van der Waals surface area contributed by atoms with Crippen LogP contribution in [0.5, 0.6) is 0 Å². The summed E-state index contributed by atoms with van der Waals surface area (Å²) in [4.78, 5) is 54.3. The summed E-state index contributed by atoms with van der Waals surface area (Å²) in [5.41, 5.74) is 6.96. The molecule has 4 aromatic rings. The Labute approximate surface area is 331 Å². The van der Waals surface area contributed by atoms with Crippen molar-refractivity contribution in [3.63, 3.8) is 0 Å². The van der Waals surface area contributed by atoms with E-state index in [-0.39, 0.29) is 24.1 Å². The number of fused-ring (bicyclic) bond motifs is 5. The average molecular weight is 763 g/mol. The largest absolute Gasteiger partial charge is 0.396 e. The van der Waals surface area contributed by atoms with Gasteiger partial charge in [-0.1, -0.05) is 92.9 Å². The van der Waals surface area contributed by atoms with Gasteiger partial charge in [0.15, 0.2) is 5.78 Å². The standard InChI is InChI=1S/C45H58N6O5/c1-3-33-19-18-21-35(31-33)46-45(56)47-39(41(54)27-8-6-5-7-17-30-52)25-15-16-29-51-44-38-24-12-13-26-40(38)50(42(55)28-14-10-22-36(53)4-2)32-34-20-9-11-23-37(34)43(44)48-49-51/h9,11-13,18-21,23-24,26,31,39,52H,3-8,10,14-17,22,25,27-30,32H2,1-2H3,(H2,46,47,56). The van der Waals surface area contributed by atoms with E-state index in [1.165, 1.54) is 0 Å². The van der Waals surface area contributed by atoms with Crippen LogP contribution in [0.15, 0.2) is 72.8 Å². The number of anilines is 2. The van der Waals surface area contributed by atoms with Crippen molar-refractivity contribution in [2.24, 2.45) is 0 Å². The Morgan fingerprint density at radius 3 is 2.32 bits per heavy atom. The topological polar surface area (TPSA) is 147 Å². The first-order chi connectivity index (χ1) is 27.3. The van der Waals surface area contributed by atoms with Crippen LogP contribution in [0, 0.1) is 0 Å². The quantitative estimate of drug-likeness (QED) is 0.0679. The molecule has 0 spiro atoms. The molecule has 298 valence electrons. The maximum atomic E-state index is 13.9. The van der Waals surface area contributed by atoms with Gasteiger partial charge in [-0.2, -0.15) is 0 Å². The van der Waals surface area contributed by atoms with Gasteiger partial charge in [0.05, 0.1) is 24.0 Å². The number of amides is 3. The van der Waals surface area contributed by atoms with Gasteiger partial charge in [0.2, 0.25) is 5.91 Å². The monoisotopic (exact) mass is 762 g/mol. The normalized spacial score (nSPS) is 12.4. The number of carbonyl (C=O) groups excluding carboxylic acids is 4. The lowest BCUT2D eigenvalue weighted by Gasteiger charge is -2.29. The lowest BCUT2D eigenvalue weighted by molar-refractivity contribution is -0.121. The number of ketones is 2. The minimum absolute atomic E-state index is 0.00847. The number of aryl methyl sites for hydroxylation is 2. The van der Waals surface area contributed by atoms with Crippen LogP contribution in [0.25, 0.3) is 22.5 Å². The number of nitrogens with zero attached hydrogens (tertiary/aromatic N) is 4. The van der Waals surface area contributed by atoms with Gasteiger partial charge >= 0.3 is 6.03 Å². The number of aromatic nitrogens is 3. The van der Waals surface area contributed by atoms with Crippen molar-refractivity contribution in [1.82, 2.24) is 20.3 Å². The average Bonchev–Trinajstić information content (AvgIpc) is 3.63. The fourth-order valence-corrected chi connectivity index (χ4v) is 7.34. The molecule has 3 aromatic carbocycles. The van der Waals surface area contributed by atoms with Crippen LogP contribution in [-0.2, 0) is 33.9 Å². The number of unbranched alkanes of at least 4 members (excludes halogenated alkanes) is 6. The van der Waals surface area contributed by atoms with Crippen LogP contribution in [0.3, 0.4) is 0 Å². The third kappa shape index (κ3) is 11.7. The van der Waals surface area contributed by atoms with E-state index in [1.807, 2.05) is 89.3 Å². The first-order valence-electron chi connectivity index (χ1n) is 20.6. The number of rotatable bonds is 22. The molecule has 0 bridgehead atoms. The number of benzene rings is 3. The van der Waals surface area contributed by atoms with E-state index in [1.54, 1.807) is 0 Å². The lowest BCUT2D eigenvalue weighted by atomic mass is 9.95.